The summed E-state index contributed by atoms with van der Waals surface area (Å²) >= 11 is 6.84. The fourth-order valence-electron chi connectivity index (χ4n) is 2.99. The van der Waals surface area contributed by atoms with E-state index in [4.69, 9.17) is 17.0 Å². The SMILES string of the molecule is CCc1c(C)sc(NC(=S)Nc2cnn(Cc3ccccc3F)c2)c1C(=O)OC. The van der Waals surface area contributed by atoms with Gasteiger partial charge in [-0.1, -0.05) is 25.1 Å². The van der Waals surface area contributed by atoms with Crippen LogP contribution in [0.4, 0.5) is 15.1 Å². The Morgan fingerprint density at radius 3 is 2.79 bits per heavy atom. The van der Waals surface area contributed by atoms with E-state index in [1.807, 2.05) is 13.8 Å². The Balaban J connectivity index is 1.70. The summed E-state index contributed by atoms with van der Waals surface area (Å²) < 4.78 is 20.3. The van der Waals surface area contributed by atoms with Crippen molar-refractivity contribution in [1.82, 2.24) is 9.78 Å². The molecular weight excluding hydrogens is 411 g/mol. The average Bonchev–Trinajstić information content (AvgIpc) is 3.26. The molecule has 0 unspecified atom stereocenters. The van der Waals surface area contributed by atoms with Crippen LogP contribution >= 0.6 is 23.6 Å². The normalized spacial score (nSPS) is 10.6. The molecule has 29 heavy (non-hydrogen) atoms. The van der Waals surface area contributed by atoms with Gasteiger partial charge in [0.2, 0.25) is 0 Å². The molecule has 152 valence electrons. The van der Waals surface area contributed by atoms with Gasteiger partial charge in [-0.05, 0) is 37.2 Å². The molecule has 2 N–H and O–H groups in total. The highest BCUT2D eigenvalue weighted by Crippen LogP contribution is 2.34. The second-order valence-corrected chi connectivity index (χ2v) is 7.92. The molecule has 0 fully saturated rings. The molecule has 3 aromatic rings. The number of thiocarbonyl (C=S) groups is 1. The summed E-state index contributed by atoms with van der Waals surface area (Å²) in [5, 5.41) is 11.3. The Kier molecular flexibility index (Phi) is 6.60. The minimum absolute atomic E-state index is 0.273. The molecule has 0 atom stereocenters. The van der Waals surface area contributed by atoms with Crippen molar-refractivity contribution < 1.29 is 13.9 Å². The van der Waals surface area contributed by atoms with Gasteiger partial charge in [-0.25, -0.2) is 9.18 Å². The number of anilines is 2. The average molecular weight is 433 g/mol. The van der Waals surface area contributed by atoms with Gasteiger partial charge in [-0.15, -0.1) is 11.3 Å². The molecule has 0 aliphatic rings. The summed E-state index contributed by atoms with van der Waals surface area (Å²) in [5.41, 5.74) is 2.66. The largest absolute Gasteiger partial charge is 0.465 e. The summed E-state index contributed by atoms with van der Waals surface area (Å²) in [5.74, 6) is -0.668. The van der Waals surface area contributed by atoms with E-state index in [-0.39, 0.29) is 5.82 Å². The number of aryl methyl sites for hydroxylation is 1. The number of ether oxygens (including phenoxy) is 1. The summed E-state index contributed by atoms with van der Waals surface area (Å²) in [6, 6.07) is 6.57. The van der Waals surface area contributed by atoms with E-state index in [1.54, 1.807) is 35.3 Å². The Morgan fingerprint density at radius 1 is 1.34 bits per heavy atom. The first-order valence-corrected chi connectivity index (χ1v) is 10.2. The maximum absolute atomic E-state index is 13.8. The third kappa shape index (κ3) is 4.80. The van der Waals surface area contributed by atoms with E-state index in [0.717, 1.165) is 16.9 Å². The number of rotatable bonds is 6. The molecule has 0 saturated carbocycles. The molecule has 1 aromatic carbocycles. The van der Waals surface area contributed by atoms with E-state index in [9.17, 15) is 9.18 Å². The molecule has 2 aromatic heterocycles. The van der Waals surface area contributed by atoms with E-state index >= 15 is 0 Å². The van der Waals surface area contributed by atoms with Crippen molar-refractivity contribution in [3.05, 3.63) is 64.0 Å². The smallest absolute Gasteiger partial charge is 0.341 e. The summed E-state index contributed by atoms with van der Waals surface area (Å²) in [6.07, 6.45) is 4.06. The molecule has 0 aliphatic heterocycles. The van der Waals surface area contributed by atoms with Crippen molar-refractivity contribution >= 4 is 45.3 Å². The highest BCUT2D eigenvalue weighted by atomic mass is 32.1. The van der Waals surface area contributed by atoms with Gasteiger partial charge in [-0.3, -0.25) is 4.68 Å². The Bertz CT molecular complexity index is 1050. The molecule has 0 amide bonds. The van der Waals surface area contributed by atoms with Crippen LogP contribution in [-0.4, -0.2) is 28.0 Å². The van der Waals surface area contributed by atoms with Crippen molar-refractivity contribution in [2.45, 2.75) is 26.8 Å². The van der Waals surface area contributed by atoms with Crippen molar-refractivity contribution in [2.75, 3.05) is 17.7 Å². The van der Waals surface area contributed by atoms with Crippen LogP contribution in [0.3, 0.4) is 0 Å². The van der Waals surface area contributed by atoms with Crippen molar-refractivity contribution in [2.24, 2.45) is 0 Å². The quantitative estimate of drug-likeness (QED) is 0.438. The lowest BCUT2D eigenvalue weighted by atomic mass is 10.1. The van der Waals surface area contributed by atoms with Gasteiger partial charge in [0.1, 0.15) is 10.8 Å². The topological polar surface area (TPSA) is 68.2 Å². The summed E-state index contributed by atoms with van der Waals surface area (Å²) in [7, 11) is 1.36. The Morgan fingerprint density at radius 2 is 2.10 bits per heavy atom. The van der Waals surface area contributed by atoms with Crippen LogP contribution in [0.15, 0.2) is 36.7 Å². The number of nitrogens with zero attached hydrogens (tertiary/aromatic N) is 2. The predicted molar refractivity (Wildman–Crippen MR) is 117 cm³/mol. The van der Waals surface area contributed by atoms with Crippen LogP contribution in [0, 0.1) is 12.7 Å². The van der Waals surface area contributed by atoms with Gasteiger partial charge in [0.25, 0.3) is 0 Å². The number of thiophene rings is 1. The number of methoxy groups -OCH3 is 1. The highest BCUT2D eigenvalue weighted by molar-refractivity contribution is 7.80. The van der Waals surface area contributed by atoms with Crippen molar-refractivity contribution in [1.29, 1.82) is 0 Å². The molecule has 0 bridgehead atoms. The van der Waals surface area contributed by atoms with Crippen LogP contribution < -0.4 is 10.6 Å². The fourth-order valence-corrected chi connectivity index (χ4v) is 4.41. The summed E-state index contributed by atoms with van der Waals surface area (Å²) in [4.78, 5) is 13.2. The van der Waals surface area contributed by atoms with E-state index in [1.165, 1.54) is 24.5 Å². The molecule has 0 spiro atoms. The van der Waals surface area contributed by atoms with Gasteiger partial charge < -0.3 is 15.4 Å². The molecule has 0 radical (unpaired) electrons. The molecule has 3 rings (SSSR count). The maximum Gasteiger partial charge on any atom is 0.341 e. The second kappa shape index (κ2) is 9.15. The number of nitrogens with one attached hydrogen (secondary N) is 2. The summed E-state index contributed by atoms with van der Waals surface area (Å²) in [6.45, 7) is 4.27. The van der Waals surface area contributed by atoms with Crippen LogP contribution in [0.5, 0.6) is 0 Å². The standard InChI is InChI=1S/C20H21FN4O2S2/c1-4-15-12(2)29-18(17(15)19(26)27-3)24-20(28)23-14-9-22-25(11-14)10-13-7-5-6-8-16(13)21/h5-9,11H,4,10H2,1-3H3,(H2,23,24,28). The number of benzene rings is 1. The van der Waals surface area contributed by atoms with E-state index < -0.39 is 5.97 Å². The van der Waals surface area contributed by atoms with Gasteiger partial charge in [0.15, 0.2) is 5.11 Å². The molecular formula is C20H21FN4O2S2. The number of esters is 1. The number of carbonyl (C=O) groups excluding carboxylic acids is 1. The van der Waals surface area contributed by atoms with Crippen molar-refractivity contribution in [3.63, 3.8) is 0 Å². The lowest BCUT2D eigenvalue weighted by Crippen LogP contribution is -2.20. The number of halogens is 1. The van der Waals surface area contributed by atoms with Crippen LogP contribution in [0.1, 0.15) is 33.3 Å². The molecule has 6 nitrogen and oxygen atoms in total. The fraction of sp³-hybridized carbons (Fsp3) is 0.250. The van der Waals surface area contributed by atoms with Gasteiger partial charge >= 0.3 is 5.97 Å². The second-order valence-electron chi connectivity index (χ2n) is 6.28. The number of aromatic nitrogens is 2. The third-order valence-electron chi connectivity index (χ3n) is 4.36. The van der Waals surface area contributed by atoms with Crippen molar-refractivity contribution in [3.8, 4) is 0 Å². The predicted octanol–water partition coefficient (Wildman–Crippen LogP) is 4.60. The minimum Gasteiger partial charge on any atom is -0.465 e. The van der Waals surface area contributed by atoms with Crippen LogP contribution in [0.2, 0.25) is 0 Å². The van der Waals surface area contributed by atoms with Gasteiger partial charge in [0.05, 0.1) is 31.1 Å². The number of carbonyl (C=O) groups is 1. The van der Waals surface area contributed by atoms with Crippen LogP contribution in [0.25, 0.3) is 0 Å². The van der Waals surface area contributed by atoms with Gasteiger partial charge in [-0.2, -0.15) is 5.10 Å². The molecule has 9 heteroatoms. The molecule has 0 saturated heterocycles. The monoisotopic (exact) mass is 432 g/mol. The minimum atomic E-state index is -0.394. The lowest BCUT2D eigenvalue weighted by molar-refractivity contribution is 0.0601. The van der Waals surface area contributed by atoms with E-state index in [2.05, 4.69) is 15.7 Å². The molecule has 2 heterocycles. The zero-order chi connectivity index (χ0) is 21.0. The van der Waals surface area contributed by atoms with E-state index in [0.29, 0.717) is 33.5 Å². The molecule has 0 aliphatic carbocycles. The van der Waals surface area contributed by atoms with Crippen LogP contribution in [-0.2, 0) is 17.7 Å². The maximum atomic E-state index is 13.8. The lowest BCUT2D eigenvalue weighted by Gasteiger charge is -2.09. The zero-order valence-electron chi connectivity index (χ0n) is 16.3. The third-order valence-corrected chi connectivity index (χ3v) is 5.63. The van der Waals surface area contributed by atoms with Gasteiger partial charge in [0, 0.05) is 16.6 Å². The zero-order valence-corrected chi connectivity index (χ0v) is 17.9. The Hall–Kier alpha value is -2.78. The Labute approximate surface area is 177 Å². The number of hydrogen-bond acceptors (Lipinski definition) is 5. The first-order chi connectivity index (χ1) is 13.9. The first kappa shape index (κ1) is 20.9. The highest BCUT2D eigenvalue weighted by Gasteiger charge is 2.22. The number of hydrogen-bond donors (Lipinski definition) is 2. The first-order valence-electron chi connectivity index (χ1n) is 8.97.